The molecule has 0 N–H and O–H groups in total. The molecule has 0 amide bonds. The van der Waals surface area contributed by atoms with Crippen LogP contribution in [0.15, 0.2) is 0 Å². The Kier molecular flexibility index (Phi) is 7.02. The van der Waals surface area contributed by atoms with Crippen LogP contribution in [0.1, 0.15) is 58.3 Å². The van der Waals surface area contributed by atoms with Gasteiger partial charge in [0.15, 0.2) is 0 Å². The third kappa shape index (κ3) is 5.99. The molecule has 1 fully saturated rings. The number of carbonyl (C=O) groups excluding carboxylic acids is 1. The Morgan fingerprint density at radius 1 is 1.12 bits per heavy atom. The average Bonchev–Trinajstić information content (AvgIpc) is 2.31. The molecule has 0 unspecified atom stereocenters. The zero-order chi connectivity index (χ0) is 11.6. The van der Waals surface area contributed by atoms with E-state index in [1.54, 1.807) is 0 Å². The predicted molar refractivity (Wildman–Crippen MR) is 63.4 cm³/mol. The van der Waals surface area contributed by atoms with Gasteiger partial charge < -0.3 is 9.47 Å². The number of carbonyl (C=O) groups is 1. The standard InChI is InChI=1S/C13H24O3/c1-2-3-10-15-13(14)16-11-9-12-7-5-4-6-8-12/h12H,2-11H2,1H3. The molecule has 0 spiro atoms. The molecule has 3 nitrogen and oxygen atoms in total. The summed E-state index contributed by atoms with van der Waals surface area (Å²) in [6.07, 6.45) is 9.11. The molecule has 0 aliphatic heterocycles. The van der Waals surface area contributed by atoms with E-state index < -0.39 is 6.16 Å². The lowest BCUT2D eigenvalue weighted by atomic mass is 9.87. The summed E-state index contributed by atoms with van der Waals surface area (Å²) in [6, 6.07) is 0. The summed E-state index contributed by atoms with van der Waals surface area (Å²) in [5, 5.41) is 0. The largest absolute Gasteiger partial charge is 0.508 e. The van der Waals surface area contributed by atoms with E-state index in [4.69, 9.17) is 9.47 Å². The molecule has 94 valence electrons. The van der Waals surface area contributed by atoms with Crippen LogP contribution in [-0.2, 0) is 9.47 Å². The second kappa shape index (κ2) is 8.43. The maximum atomic E-state index is 11.1. The van der Waals surface area contributed by atoms with Crippen molar-refractivity contribution in [2.45, 2.75) is 58.3 Å². The van der Waals surface area contributed by atoms with Gasteiger partial charge in [0.1, 0.15) is 0 Å². The lowest BCUT2D eigenvalue weighted by Crippen LogP contribution is -2.13. The van der Waals surface area contributed by atoms with Gasteiger partial charge >= 0.3 is 6.16 Å². The molecular formula is C13H24O3. The van der Waals surface area contributed by atoms with Crippen molar-refractivity contribution in [2.75, 3.05) is 13.2 Å². The second-order valence-electron chi connectivity index (χ2n) is 4.59. The zero-order valence-electron chi connectivity index (χ0n) is 10.4. The number of rotatable bonds is 6. The molecule has 1 aliphatic carbocycles. The summed E-state index contributed by atoms with van der Waals surface area (Å²) in [7, 11) is 0. The molecule has 16 heavy (non-hydrogen) atoms. The molecule has 0 atom stereocenters. The fourth-order valence-corrected chi connectivity index (χ4v) is 2.13. The molecule has 0 bridgehead atoms. The third-order valence-electron chi connectivity index (χ3n) is 3.19. The molecule has 0 radical (unpaired) electrons. The fourth-order valence-electron chi connectivity index (χ4n) is 2.13. The van der Waals surface area contributed by atoms with Crippen molar-refractivity contribution >= 4 is 6.16 Å². The summed E-state index contributed by atoms with van der Waals surface area (Å²) >= 11 is 0. The van der Waals surface area contributed by atoms with Gasteiger partial charge in [0, 0.05) is 0 Å². The van der Waals surface area contributed by atoms with Crippen LogP contribution in [0.5, 0.6) is 0 Å². The highest BCUT2D eigenvalue weighted by Crippen LogP contribution is 2.26. The number of unbranched alkanes of at least 4 members (excludes halogenated alkanes) is 1. The van der Waals surface area contributed by atoms with Gasteiger partial charge in [0.25, 0.3) is 0 Å². The summed E-state index contributed by atoms with van der Waals surface area (Å²) in [6.45, 7) is 3.08. The summed E-state index contributed by atoms with van der Waals surface area (Å²) < 4.78 is 9.94. The van der Waals surface area contributed by atoms with Crippen molar-refractivity contribution in [1.82, 2.24) is 0 Å². The Morgan fingerprint density at radius 2 is 1.81 bits per heavy atom. The predicted octanol–water partition coefficient (Wildman–Crippen LogP) is 3.91. The molecular weight excluding hydrogens is 204 g/mol. The van der Waals surface area contributed by atoms with Gasteiger partial charge in [0.2, 0.25) is 0 Å². The molecule has 1 aliphatic rings. The minimum atomic E-state index is -0.496. The molecule has 0 aromatic rings. The SMILES string of the molecule is CCCCOC(=O)OCCC1CCCCC1. The van der Waals surface area contributed by atoms with Crippen LogP contribution in [0.25, 0.3) is 0 Å². The highest BCUT2D eigenvalue weighted by molar-refractivity contribution is 5.59. The van der Waals surface area contributed by atoms with Crippen molar-refractivity contribution < 1.29 is 14.3 Å². The highest BCUT2D eigenvalue weighted by Gasteiger charge is 2.14. The first-order chi connectivity index (χ1) is 7.83. The minimum absolute atomic E-state index is 0.485. The van der Waals surface area contributed by atoms with Crippen molar-refractivity contribution in [2.24, 2.45) is 5.92 Å². The maximum Gasteiger partial charge on any atom is 0.508 e. The molecule has 0 saturated heterocycles. The van der Waals surface area contributed by atoms with Gasteiger partial charge in [-0.1, -0.05) is 45.4 Å². The van der Waals surface area contributed by atoms with Gasteiger partial charge in [-0.2, -0.15) is 0 Å². The topological polar surface area (TPSA) is 35.5 Å². The van der Waals surface area contributed by atoms with Crippen LogP contribution < -0.4 is 0 Å². The molecule has 0 aromatic carbocycles. The van der Waals surface area contributed by atoms with Gasteiger partial charge in [-0.15, -0.1) is 0 Å². The zero-order valence-corrected chi connectivity index (χ0v) is 10.4. The maximum absolute atomic E-state index is 11.1. The quantitative estimate of drug-likeness (QED) is 0.510. The first-order valence-electron chi connectivity index (χ1n) is 6.62. The summed E-state index contributed by atoms with van der Waals surface area (Å²) in [4.78, 5) is 11.1. The van der Waals surface area contributed by atoms with Crippen LogP contribution in [0.2, 0.25) is 0 Å². The Morgan fingerprint density at radius 3 is 2.50 bits per heavy atom. The first kappa shape index (κ1) is 13.3. The van der Waals surface area contributed by atoms with E-state index in [0.717, 1.165) is 25.2 Å². The van der Waals surface area contributed by atoms with Gasteiger partial charge in [-0.05, 0) is 18.8 Å². The first-order valence-corrected chi connectivity index (χ1v) is 6.62. The number of ether oxygens (including phenoxy) is 2. The van der Waals surface area contributed by atoms with Crippen molar-refractivity contribution in [1.29, 1.82) is 0 Å². The normalized spacial score (nSPS) is 17.1. The van der Waals surface area contributed by atoms with Crippen molar-refractivity contribution in [3.8, 4) is 0 Å². The highest BCUT2D eigenvalue weighted by atomic mass is 16.7. The fraction of sp³-hybridized carbons (Fsp3) is 0.923. The number of hydrogen-bond donors (Lipinski definition) is 0. The van der Waals surface area contributed by atoms with E-state index in [9.17, 15) is 4.79 Å². The second-order valence-corrected chi connectivity index (χ2v) is 4.59. The third-order valence-corrected chi connectivity index (χ3v) is 3.19. The molecule has 0 heterocycles. The van der Waals surface area contributed by atoms with Crippen LogP contribution in [-0.4, -0.2) is 19.4 Å². The Labute approximate surface area is 98.5 Å². The van der Waals surface area contributed by atoms with Crippen molar-refractivity contribution in [3.05, 3.63) is 0 Å². The molecule has 1 rings (SSSR count). The van der Waals surface area contributed by atoms with Crippen LogP contribution in [0, 0.1) is 5.92 Å². The lowest BCUT2D eigenvalue weighted by Gasteiger charge is -2.20. The van der Waals surface area contributed by atoms with Gasteiger partial charge in [-0.25, -0.2) is 4.79 Å². The Hall–Kier alpha value is -0.730. The Balaban J connectivity index is 1.94. The van der Waals surface area contributed by atoms with E-state index in [1.807, 2.05) is 0 Å². The van der Waals surface area contributed by atoms with E-state index in [0.29, 0.717) is 13.2 Å². The van der Waals surface area contributed by atoms with E-state index in [2.05, 4.69) is 6.92 Å². The van der Waals surface area contributed by atoms with Crippen LogP contribution in [0.3, 0.4) is 0 Å². The van der Waals surface area contributed by atoms with Crippen molar-refractivity contribution in [3.63, 3.8) is 0 Å². The van der Waals surface area contributed by atoms with Gasteiger partial charge in [0.05, 0.1) is 13.2 Å². The van der Waals surface area contributed by atoms with E-state index >= 15 is 0 Å². The average molecular weight is 228 g/mol. The minimum Gasteiger partial charge on any atom is -0.434 e. The summed E-state index contributed by atoms with van der Waals surface area (Å²) in [5.41, 5.74) is 0. The van der Waals surface area contributed by atoms with Crippen LogP contribution in [0.4, 0.5) is 4.79 Å². The number of hydrogen-bond acceptors (Lipinski definition) is 3. The molecule has 3 heteroatoms. The Bertz CT molecular complexity index is 186. The monoisotopic (exact) mass is 228 g/mol. The molecule has 1 saturated carbocycles. The lowest BCUT2D eigenvalue weighted by molar-refractivity contribution is 0.0493. The van der Waals surface area contributed by atoms with Gasteiger partial charge in [-0.3, -0.25) is 0 Å². The summed E-state index contributed by atoms with van der Waals surface area (Å²) in [5.74, 6) is 0.761. The van der Waals surface area contributed by atoms with Crippen LogP contribution >= 0.6 is 0 Å². The van der Waals surface area contributed by atoms with E-state index in [-0.39, 0.29) is 0 Å². The van der Waals surface area contributed by atoms with E-state index in [1.165, 1.54) is 32.1 Å². The smallest absolute Gasteiger partial charge is 0.434 e. The molecule has 0 aromatic heterocycles.